The van der Waals surface area contributed by atoms with Gasteiger partial charge in [-0.1, -0.05) is 25.1 Å². The van der Waals surface area contributed by atoms with Gasteiger partial charge in [0.15, 0.2) is 5.78 Å². The summed E-state index contributed by atoms with van der Waals surface area (Å²) < 4.78 is 0. The first-order valence-corrected chi connectivity index (χ1v) is 4.73. The van der Waals surface area contributed by atoms with Crippen LogP contribution in [0.2, 0.25) is 0 Å². The third-order valence-corrected chi connectivity index (χ3v) is 2.00. The summed E-state index contributed by atoms with van der Waals surface area (Å²) in [4.78, 5) is 13.0. The molecule has 0 aliphatic carbocycles. The fourth-order valence-electron chi connectivity index (χ4n) is 1.06. The molecule has 1 aromatic rings. The van der Waals surface area contributed by atoms with E-state index in [0.29, 0.717) is 6.42 Å². The van der Waals surface area contributed by atoms with Crippen LogP contribution >= 0.6 is 0 Å². The molecule has 74 valence electrons. The second-order valence-electron chi connectivity index (χ2n) is 3.08. The summed E-state index contributed by atoms with van der Waals surface area (Å²) in [6.45, 7) is 1.86. The largest absolute Gasteiger partial charge is 0.351 e. The van der Waals surface area contributed by atoms with Gasteiger partial charge in [0.1, 0.15) is 0 Å². The van der Waals surface area contributed by atoms with Gasteiger partial charge in [-0.2, -0.15) is 0 Å². The summed E-state index contributed by atoms with van der Waals surface area (Å²) in [5.41, 5.74) is 1.08. The van der Waals surface area contributed by atoms with Crippen molar-refractivity contribution in [2.75, 3.05) is 11.9 Å². The Morgan fingerprint density at radius 3 is 2.57 bits per heavy atom. The Balaban J connectivity index is 2.63. The molecule has 0 unspecified atom stereocenters. The number of allylic oxidation sites excluding steroid dienone is 1. The quantitative estimate of drug-likeness (QED) is 0.678. The first kappa shape index (κ1) is 10.5. The van der Waals surface area contributed by atoms with Gasteiger partial charge in [0.25, 0.3) is 0 Å². The van der Waals surface area contributed by atoms with E-state index < -0.39 is 0 Å². The van der Waals surface area contributed by atoms with E-state index in [-0.39, 0.29) is 5.78 Å². The zero-order chi connectivity index (χ0) is 10.4. The van der Waals surface area contributed by atoms with Crippen LogP contribution in [0.3, 0.4) is 0 Å². The molecule has 0 heterocycles. The van der Waals surface area contributed by atoms with Crippen molar-refractivity contribution in [3.63, 3.8) is 0 Å². The Bertz CT molecular complexity index is 316. The van der Waals surface area contributed by atoms with Gasteiger partial charge in [-0.3, -0.25) is 4.79 Å². The number of carbonyl (C=O) groups is 1. The molecule has 0 radical (unpaired) electrons. The summed E-state index contributed by atoms with van der Waals surface area (Å²) in [6.07, 6.45) is 3.95. The highest BCUT2D eigenvalue weighted by Gasteiger charge is 1.95. The van der Waals surface area contributed by atoms with E-state index in [1.165, 1.54) is 0 Å². The van der Waals surface area contributed by atoms with E-state index in [2.05, 4.69) is 0 Å². The molecule has 0 fully saturated rings. The van der Waals surface area contributed by atoms with Crippen molar-refractivity contribution >= 4 is 11.5 Å². The van der Waals surface area contributed by atoms with Gasteiger partial charge in [-0.25, -0.2) is 0 Å². The molecule has 0 aliphatic heterocycles. The van der Waals surface area contributed by atoms with Crippen LogP contribution in [0.4, 0.5) is 5.69 Å². The summed E-state index contributed by atoms with van der Waals surface area (Å²) >= 11 is 0. The minimum Gasteiger partial charge on any atom is -0.351 e. The maximum absolute atomic E-state index is 11.0. The molecule has 0 atom stereocenters. The molecule has 0 saturated carbocycles. The van der Waals surface area contributed by atoms with Gasteiger partial charge < -0.3 is 4.90 Å². The van der Waals surface area contributed by atoms with Crippen LogP contribution in [0.5, 0.6) is 0 Å². The fourth-order valence-corrected chi connectivity index (χ4v) is 1.06. The van der Waals surface area contributed by atoms with Crippen molar-refractivity contribution in [1.82, 2.24) is 0 Å². The summed E-state index contributed by atoms with van der Waals surface area (Å²) in [5.74, 6) is 0.146. The molecule has 1 rings (SSSR count). The van der Waals surface area contributed by atoms with Gasteiger partial charge in [0.2, 0.25) is 0 Å². The van der Waals surface area contributed by atoms with Crippen molar-refractivity contribution in [1.29, 1.82) is 0 Å². The lowest BCUT2D eigenvalue weighted by Crippen LogP contribution is -2.08. The maximum atomic E-state index is 11.0. The molecule has 0 aromatic heterocycles. The minimum absolute atomic E-state index is 0.146. The second-order valence-corrected chi connectivity index (χ2v) is 3.08. The van der Waals surface area contributed by atoms with Gasteiger partial charge in [0, 0.05) is 25.4 Å². The number of nitrogens with zero attached hydrogens (tertiary/aromatic N) is 1. The lowest BCUT2D eigenvalue weighted by atomic mass is 10.3. The zero-order valence-corrected chi connectivity index (χ0v) is 8.60. The van der Waals surface area contributed by atoms with E-state index in [9.17, 15) is 4.79 Å². The highest BCUT2D eigenvalue weighted by Crippen LogP contribution is 2.10. The van der Waals surface area contributed by atoms with E-state index >= 15 is 0 Å². The Morgan fingerprint density at radius 1 is 1.36 bits per heavy atom. The molecule has 14 heavy (non-hydrogen) atoms. The van der Waals surface area contributed by atoms with Crippen molar-refractivity contribution in [3.8, 4) is 0 Å². The highest BCUT2D eigenvalue weighted by atomic mass is 16.1. The number of rotatable bonds is 4. The van der Waals surface area contributed by atoms with Gasteiger partial charge in [-0.05, 0) is 18.2 Å². The Hall–Kier alpha value is -1.57. The predicted molar refractivity (Wildman–Crippen MR) is 59.3 cm³/mol. The molecule has 0 aliphatic rings. The number of hydrogen-bond acceptors (Lipinski definition) is 2. The monoisotopic (exact) mass is 189 g/mol. The number of para-hydroxylation sites is 1. The lowest BCUT2D eigenvalue weighted by molar-refractivity contribution is -0.114. The average Bonchev–Trinajstić information content (AvgIpc) is 2.26. The fraction of sp³-hybridized carbons (Fsp3) is 0.250. The van der Waals surface area contributed by atoms with Crippen molar-refractivity contribution < 1.29 is 4.79 Å². The summed E-state index contributed by atoms with van der Waals surface area (Å²) in [5, 5.41) is 0. The Morgan fingerprint density at radius 2 is 2.00 bits per heavy atom. The molecule has 2 nitrogen and oxygen atoms in total. The van der Waals surface area contributed by atoms with E-state index in [4.69, 9.17) is 0 Å². The van der Waals surface area contributed by atoms with Crippen molar-refractivity contribution in [3.05, 3.63) is 42.6 Å². The summed E-state index contributed by atoms with van der Waals surface area (Å²) in [6, 6.07) is 9.92. The Labute approximate surface area is 84.9 Å². The smallest absolute Gasteiger partial charge is 0.156 e. The van der Waals surface area contributed by atoms with Gasteiger partial charge >= 0.3 is 0 Å². The van der Waals surface area contributed by atoms with Crippen LogP contribution in [0.15, 0.2) is 42.6 Å². The third kappa shape index (κ3) is 3.05. The van der Waals surface area contributed by atoms with Gasteiger partial charge in [0.05, 0.1) is 0 Å². The molecule has 0 spiro atoms. The van der Waals surface area contributed by atoms with Crippen LogP contribution in [-0.2, 0) is 4.79 Å². The number of carbonyl (C=O) groups excluding carboxylic acids is 1. The van der Waals surface area contributed by atoms with E-state index in [1.54, 1.807) is 12.3 Å². The van der Waals surface area contributed by atoms with Gasteiger partial charge in [-0.15, -0.1) is 0 Å². The Kier molecular flexibility index (Phi) is 3.92. The highest BCUT2D eigenvalue weighted by molar-refractivity contribution is 5.89. The number of anilines is 1. The van der Waals surface area contributed by atoms with E-state index in [1.807, 2.05) is 49.2 Å². The molecule has 1 aromatic carbocycles. The van der Waals surface area contributed by atoms with Crippen LogP contribution in [0, 0.1) is 0 Å². The SMILES string of the molecule is CCC(=O)C=CN(C)c1ccccc1. The molecule has 0 amide bonds. The van der Waals surface area contributed by atoms with Crippen molar-refractivity contribution in [2.45, 2.75) is 13.3 Å². The molecule has 2 heteroatoms. The van der Waals surface area contributed by atoms with Crippen LogP contribution < -0.4 is 4.90 Å². The van der Waals surface area contributed by atoms with Crippen LogP contribution in [0.25, 0.3) is 0 Å². The second kappa shape index (κ2) is 5.22. The number of ketones is 1. The molecule has 0 bridgehead atoms. The molecule has 0 saturated heterocycles. The number of benzene rings is 1. The maximum Gasteiger partial charge on any atom is 0.156 e. The third-order valence-electron chi connectivity index (χ3n) is 2.00. The lowest BCUT2D eigenvalue weighted by Gasteiger charge is -2.12. The number of hydrogen-bond donors (Lipinski definition) is 0. The standard InChI is InChI=1S/C12H15NO/c1-3-12(14)9-10-13(2)11-7-5-4-6-8-11/h4-10H,3H2,1-2H3. The first-order chi connectivity index (χ1) is 6.74. The average molecular weight is 189 g/mol. The predicted octanol–water partition coefficient (Wildman–Crippen LogP) is 2.62. The normalized spacial score (nSPS) is 10.4. The molecule has 0 N–H and O–H groups in total. The van der Waals surface area contributed by atoms with Crippen molar-refractivity contribution in [2.24, 2.45) is 0 Å². The molecular weight excluding hydrogens is 174 g/mol. The minimum atomic E-state index is 0.146. The van der Waals surface area contributed by atoms with Crippen LogP contribution in [-0.4, -0.2) is 12.8 Å². The van der Waals surface area contributed by atoms with Crippen LogP contribution in [0.1, 0.15) is 13.3 Å². The topological polar surface area (TPSA) is 20.3 Å². The summed E-state index contributed by atoms with van der Waals surface area (Å²) in [7, 11) is 1.93. The molecular formula is C12H15NO. The van der Waals surface area contributed by atoms with E-state index in [0.717, 1.165) is 5.69 Å². The zero-order valence-electron chi connectivity index (χ0n) is 8.60. The first-order valence-electron chi connectivity index (χ1n) is 4.73.